The maximum Gasteiger partial charge on any atom is 0.133 e. The van der Waals surface area contributed by atoms with Crippen LogP contribution in [0.4, 0.5) is 5.82 Å². The molecule has 0 bridgehead atoms. The Bertz CT molecular complexity index is 853. The lowest BCUT2D eigenvalue weighted by Crippen LogP contribution is -2.06. The summed E-state index contributed by atoms with van der Waals surface area (Å²) < 4.78 is 2.02. The van der Waals surface area contributed by atoms with Gasteiger partial charge in [-0.3, -0.25) is 0 Å². The van der Waals surface area contributed by atoms with Gasteiger partial charge in [0.1, 0.15) is 5.82 Å². The van der Waals surface area contributed by atoms with Crippen molar-refractivity contribution in [3.63, 3.8) is 0 Å². The van der Waals surface area contributed by atoms with Crippen molar-refractivity contribution in [2.75, 3.05) is 11.9 Å². The van der Waals surface area contributed by atoms with Crippen molar-refractivity contribution in [3.05, 3.63) is 75.9 Å². The van der Waals surface area contributed by atoms with Crippen LogP contribution in [0.3, 0.4) is 0 Å². The van der Waals surface area contributed by atoms with Gasteiger partial charge in [-0.1, -0.05) is 48.0 Å². The first-order chi connectivity index (χ1) is 11.2. The molecule has 2 aromatic carbocycles. The molecule has 0 fully saturated rings. The van der Waals surface area contributed by atoms with Gasteiger partial charge in [0.15, 0.2) is 0 Å². The molecule has 0 saturated carbocycles. The van der Waals surface area contributed by atoms with Crippen molar-refractivity contribution < 1.29 is 0 Å². The Morgan fingerprint density at radius 3 is 2.83 bits per heavy atom. The van der Waals surface area contributed by atoms with E-state index in [2.05, 4.69) is 36.5 Å². The Kier molecular flexibility index (Phi) is 3.58. The Hall–Kier alpha value is -2.26. The number of rotatable bonds is 3. The van der Waals surface area contributed by atoms with E-state index < -0.39 is 0 Å². The Balaban J connectivity index is 1.80. The maximum atomic E-state index is 6.19. The number of fused-ring (bicyclic) bond motifs is 1. The highest BCUT2D eigenvalue weighted by molar-refractivity contribution is 6.30. The van der Waals surface area contributed by atoms with Gasteiger partial charge in [-0.05, 0) is 36.6 Å². The SMILES string of the molecule is Cc1ccc(Cl)cc1-n1nc(Cc2ccccc2)c2c1NCC2. The lowest BCUT2D eigenvalue weighted by atomic mass is 10.1. The molecular formula is C19H18ClN3. The summed E-state index contributed by atoms with van der Waals surface area (Å²) in [6.07, 6.45) is 1.88. The molecule has 23 heavy (non-hydrogen) atoms. The number of halogens is 1. The van der Waals surface area contributed by atoms with Crippen molar-refractivity contribution in [2.24, 2.45) is 0 Å². The summed E-state index contributed by atoms with van der Waals surface area (Å²) in [7, 11) is 0. The monoisotopic (exact) mass is 323 g/mol. The third-order valence-electron chi connectivity index (χ3n) is 4.35. The van der Waals surface area contributed by atoms with Gasteiger partial charge in [0, 0.05) is 23.6 Å². The molecule has 3 aromatic rings. The van der Waals surface area contributed by atoms with Crippen LogP contribution in [0.2, 0.25) is 5.02 Å². The first kappa shape index (κ1) is 14.3. The standard InChI is InChI=1S/C19H18ClN3/c1-13-7-8-15(20)12-18(13)23-19-16(9-10-21-19)17(22-23)11-14-5-3-2-4-6-14/h2-8,12,21H,9-11H2,1H3. The summed E-state index contributed by atoms with van der Waals surface area (Å²) in [4.78, 5) is 0. The van der Waals surface area contributed by atoms with E-state index in [1.165, 1.54) is 16.7 Å². The number of anilines is 1. The normalized spacial score (nSPS) is 13.0. The summed E-state index contributed by atoms with van der Waals surface area (Å²) in [6, 6.07) is 16.4. The Morgan fingerprint density at radius 2 is 2.00 bits per heavy atom. The number of hydrogen-bond donors (Lipinski definition) is 1. The summed E-state index contributed by atoms with van der Waals surface area (Å²) in [5.41, 5.74) is 5.97. The highest BCUT2D eigenvalue weighted by Crippen LogP contribution is 2.31. The summed E-state index contributed by atoms with van der Waals surface area (Å²) >= 11 is 6.19. The zero-order chi connectivity index (χ0) is 15.8. The van der Waals surface area contributed by atoms with E-state index in [0.29, 0.717) is 0 Å². The van der Waals surface area contributed by atoms with Gasteiger partial charge in [0.05, 0.1) is 11.4 Å². The van der Waals surface area contributed by atoms with E-state index in [1.54, 1.807) is 0 Å². The topological polar surface area (TPSA) is 29.9 Å². The molecule has 0 radical (unpaired) electrons. The number of nitrogens with one attached hydrogen (secondary N) is 1. The van der Waals surface area contributed by atoms with E-state index in [1.807, 2.05) is 28.9 Å². The number of nitrogens with zero attached hydrogens (tertiary/aromatic N) is 2. The summed E-state index contributed by atoms with van der Waals surface area (Å²) in [6.45, 7) is 3.06. The Morgan fingerprint density at radius 1 is 1.17 bits per heavy atom. The molecule has 0 spiro atoms. The Labute approximate surface area is 140 Å². The molecule has 2 heterocycles. The van der Waals surface area contributed by atoms with E-state index in [9.17, 15) is 0 Å². The van der Waals surface area contributed by atoms with Gasteiger partial charge < -0.3 is 5.32 Å². The minimum Gasteiger partial charge on any atom is -0.369 e. The minimum absolute atomic E-state index is 0.734. The molecule has 1 aliphatic rings. The quantitative estimate of drug-likeness (QED) is 0.774. The average molecular weight is 324 g/mol. The second-order valence-corrected chi connectivity index (χ2v) is 6.39. The third kappa shape index (κ3) is 2.62. The maximum absolute atomic E-state index is 6.19. The highest BCUT2D eigenvalue weighted by atomic mass is 35.5. The van der Waals surface area contributed by atoms with Crippen molar-refractivity contribution >= 4 is 17.4 Å². The number of benzene rings is 2. The molecule has 0 atom stereocenters. The van der Waals surface area contributed by atoms with Crippen molar-refractivity contribution in [1.29, 1.82) is 0 Å². The zero-order valence-electron chi connectivity index (χ0n) is 13.0. The van der Waals surface area contributed by atoms with Crippen LogP contribution in [0.15, 0.2) is 48.5 Å². The minimum atomic E-state index is 0.734. The molecule has 0 unspecified atom stereocenters. The predicted molar refractivity (Wildman–Crippen MR) is 94.8 cm³/mol. The predicted octanol–water partition coefficient (Wildman–Crippen LogP) is 4.39. The van der Waals surface area contributed by atoms with Gasteiger partial charge in [-0.2, -0.15) is 5.10 Å². The fourth-order valence-electron chi connectivity index (χ4n) is 3.16. The van der Waals surface area contributed by atoms with E-state index in [-0.39, 0.29) is 0 Å². The third-order valence-corrected chi connectivity index (χ3v) is 4.58. The van der Waals surface area contributed by atoms with Gasteiger partial charge in [-0.25, -0.2) is 4.68 Å². The molecular weight excluding hydrogens is 306 g/mol. The molecule has 0 aliphatic carbocycles. The molecule has 3 nitrogen and oxygen atoms in total. The van der Waals surface area contributed by atoms with Crippen LogP contribution in [0.1, 0.15) is 22.4 Å². The molecule has 1 N–H and O–H groups in total. The smallest absolute Gasteiger partial charge is 0.133 e. The summed E-state index contributed by atoms with van der Waals surface area (Å²) in [5.74, 6) is 1.11. The second-order valence-electron chi connectivity index (χ2n) is 5.96. The van der Waals surface area contributed by atoms with E-state index >= 15 is 0 Å². The average Bonchev–Trinajstić information content (AvgIpc) is 3.15. The summed E-state index contributed by atoms with van der Waals surface area (Å²) in [5, 5.41) is 9.11. The van der Waals surface area contributed by atoms with Crippen molar-refractivity contribution in [3.8, 4) is 5.69 Å². The van der Waals surface area contributed by atoms with Crippen LogP contribution in [0.25, 0.3) is 5.69 Å². The zero-order valence-corrected chi connectivity index (χ0v) is 13.8. The first-order valence-electron chi connectivity index (χ1n) is 7.87. The number of aromatic nitrogens is 2. The van der Waals surface area contributed by atoms with Gasteiger partial charge in [-0.15, -0.1) is 0 Å². The molecule has 116 valence electrons. The number of aryl methyl sites for hydroxylation is 1. The largest absolute Gasteiger partial charge is 0.369 e. The molecule has 0 saturated heterocycles. The van der Waals surface area contributed by atoms with Crippen LogP contribution in [0, 0.1) is 6.92 Å². The molecule has 0 amide bonds. The highest BCUT2D eigenvalue weighted by Gasteiger charge is 2.23. The van der Waals surface area contributed by atoms with Gasteiger partial charge in [0.2, 0.25) is 0 Å². The van der Waals surface area contributed by atoms with Crippen molar-refractivity contribution in [1.82, 2.24) is 9.78 Å². The number of hydrogen-bond acceptors (Lipinski definition) is 2. The molecule has 4 heteroatoms. The first-order valence-corrected chi connectivity index (χ1v) is 8.25. The fraction of sp³-hybridized carbons (Fsp3) is 0.211. The lowest BCUT2D eigenvalue weighted by Gasteiger charge is -2.10. The van der Waals surface area contributed by atoms with Gasteiger partial charge >= 0.3 is 0 Å². The van der Waals surface area contributed by atoms with Crippen LogP contribution >= 0.6 is 11.6 Å². The molecule has 4 rings (SSSR count). The fourth-order valence-corrected chi connectivity index (χ4v) is 3.33. The van der Waals surface area contributed by atoms with E-state index in [4.69, 9.17) is 16.7 Å². The van der Waals surface area contributed by atoms with Gasteiger partial charge in [0.25, 0.3) is 0 Å². The van der Waals surface area contributed by atoms with Crippen molar-refractivity contribution in [2.45, 2.75) is 19.8 Å². The lowest BCUT2D eigenvalue weighted by molar-refractivity contribution is 0.835. The molecule has 1 aromatic heterocycles. The molecule has 1 aliphatic heterocycles. The van der Waals surface area contributed by atoms with Crippen LogP contribution in [0.5, 0.6) is 0 Å². The van der Waals surface area contributed by atoms with Crippen LogP contribution in [-0.2, 0) is 12.8 Å². The van der Waals surface area contributed by atoms with Crippen LogP contribution in [-0.4, -0.2) is 16.3 Å². The van der Waals surface area contributed by atoms with E-state index in [0.717, 1.165) is 41.6 Å². The van der Waals surface area contributed by atoms with Crippen LogP contribution < -0.4 is 5.32 Å². The second kappa shape index (κ2) is 5.74.